The fourth-order valence-electron chi connectivity index (χ4n) is 1.77. The van der Waals surface area contributed by atoms with E-state index in [2.05, 4.69) is 13.8 Å². The maximum atomic E-state index is 6.10. The molecule has 1 aliphatic rings. The molecule has 94 valence electrons. The van der Waals surface area contributed by atoms with E-state index in [9.17, 15) is 0 Å². The SMILES string of the molecule is CC(C)CSCc1cc(Cl)cc2c1OCOC2. The molecule has 0 unspecified atom stereocenters. The predicted molar refractivity (Wildman–Crippen MR) is 72.7 cm³/mol. The van der Waals surface area contributed by atoms with Crippen molar-refractivity contribution in [3.63, 3.8) is 0 Å². The molecule has 0 N–H and O–H groups in total. The topological polar surface area (TPSA) is 18.5 Å². The zero-order valence-electron chi connectivity index (χ0n) is 10.2. The molecule has 0 saturated carbocycles. The third-order valence-corrected chi connectivity index (χ3v) is 4.10. The molecule has 0 amide bonds. The summed E-state index contributed by atoms with van der Waals surface area (Å²) in [5.41, 5.74) is 2.24. The van der Waals surface area contributed by atoms with Crippen molar-refractivity contribution in [1.82, 2.24) is 0 Å². The molecule has 4 heteroatoms. The van der Waals surface area contributed by atoms with Crippen molar-refractivity contribution >= 4 is 23.4 Å². The van der Waals surface area contributed by atoms with Gasteiger partial charge in [0.25, 0.3) is 0 Å². The smallest absolute Gasteiger partial charge is 0.189 e. The summed E-state index contributed by atoms with van der Waals surface area (Å²) in [4.78, 5) is 0. The average Bonchev–Trinajstić information content (AvgIpc) is 2.28. The van der Waals surface area contributed by atoms with Crippen LogP contribution in [0.25, 0.3) is 0 Å². The lowest BCUT2D eigenvalue weighted by atomic mass is 10.1. The van der Waals surface area contributed by atoms with Crippen LogP contribution >= 0.6 is 23.4 Å². The molecule has 2 rings (SSSR count). The minimum Gasteiger partial charge on any atom is -0.467 e. The van der Waals surface area contributed by atoms with Crippen LogP contribution in [0.4, 0.5) is 0 Å². The van der Waals surface area contributed by atoms with E-state index in [0.717, 1.165) is 27.8 Å². The van der Waals surface area contributed by atoms with Gasteiger partial charge in [0.15, 0.2) is 6.79 Å². The van der Waals surface area contributed by atoms with Gasteiger partial charge in [0.05, 0.1) is 6.61 Å². The first-order chi connectivity index (χ1) is 8.16. The average molecular weight is 273 g/mol. The molecule has 0 radical (unpaired) electrons. The van der Waals surface area contributed by atoms with Gasteiger partial charge in [-0.25, -0.2) is 0 Å². The maximum Gasteiger partial charge on any atom is 0.189 e. The minimum absolute atomic E-state index is 0.344. The number of ether oxygens (including phenoxy) is 2. The van der Waals surface area contributed by atoms with Crippen molar-refractivity contribution in [2.75, 3.05) is 12.5 Å². The summed E-state index contributed by atoms with van der Waals surface area (Å²) in [6.07, 6.45) is 0. The van der Waals surface area contributed by atoms with Crippen LogP contribution in [-0.2, 0) is 17.1 Å². The van der Waals surface area contributed by atoms with Crippen molar-refractivity contribution in [1.29, 1.82) is 0 Å². The molecule has 2 nitrogen and oxygen atoms in total. The third-order valence-electron chi connectivity index (χ3n) is 2.46. The zero-order chi connectivity index (χ0) is 12.3. The van der Waals surface area contributed by atoms with Crippen LogP contribution < -0.4 is 4.74 Å². The number of benzene rings is 1. The summed E-state index contributed by atoms with van der Waals surface area (Å²) in [6, 6.07) is 3.92. The van der Waals surface area contributed by atoms with Crippen LogP contribution in [0.15, 0.2) is 12.1 Å². The highest BCUT2D eigenvalue weighted by Crippen LogP contribution is 2.34. The van der Waals surface area contributed by atoms with Gasteiger partial charge < -0.3 is 9.47 Å². The van der Waals surface area contributed by atoms with Crippen LogP contribution in [0.5, 0.6) is 5.75 Å². The largest absolute Gasteiger partial charge is 0.467 e. The lowest BCUT2D eigenvalue weighted by molar-refractivity contribution is -0.0168. The monoisotopic (exact) mass is 272 g/mol. The van der Waals surface area contributed by atoms with Crippen LogP contribution in [0.1, 0.15) is 25.0 Å². The van der Waals surface area contributed by atoms with Gasteiger partial charge in [-0.2, -0.15) is 11.8 Å². The summed E-state index contributed by atoms with van der Waals surface area (Å²) < 4.78 is 10.8. The summed E-state index contributed by atoms with van der Waals surface area (Å²) in [7, 11) is 0. The Labute approximate surface area is 112 Å². The lowest BCUT2D eigenvalue weighted by Crippen LogP contribution is -2.13. The number of hydrogen-bond donors (Lipinski definition) is 0. The minimum atomic E-state index is 0.344. The Hall–Kier alpha value is -0.380. The van der Waals surface area contributed by atoms with Gasteiger partial charge in [-0.3, -0.25) is 0 Å². The second kappa shape index (κ2) is 5.98. The standard InChI is InChI=1S/C13H17ClO2S/c1-9(2)6-17-7-11-4-12(14)3-10-5-15-8-16-13(10)11/h3-4,9H,5-8H2,1-2H3. The third kappa shape index (κ3) is 3.54. The summed E-state index contributed by atoms with van der Waals surface area (Å²) in [5.74, 6) is 3.77. The van der Waals surface area contributed by atoms with Gasteiger partial charge in [0.2, 0.25) is 0 Å². The first-order valence-corrected chi connectivity index (χ1v) is 7.29. The molecule has 0 spiro atoms. The van der Waals surface area contributed by atoms with Crippen molar-refractivity contribution in [2.24, 2.45) is 5.92 Å². The molecule has 0 aliphatic carbocycles. The first kappa shape index (κ1) is 13.1. The summed E-state index contributed by atoms with van der Waals surface area (Å²) in [6.45, 7) is 5.39. The Morgan fingerprint density at radius 1 is 1.41 bits per heavy atom. The van der Waals surface area contributed by atoms with E-state index in [4.69, 9.17) is 21.1 Å². The van der Waals surface area contributed by atoms with Crippen LogP contribution in [-0.4, -0.2) is 12.5 Å². The van der Waals surface area contributed by atoms with E-state index in [1.807, 2.05) is 23.9 Å². The van der Waals surface area contributed by atoms with Crippen molar-refractivity contribution in [3.05, 3.63) is 28.3 Å². The van der Waals surface area contributed by atoms with Crippen LogP contribution in [0.2, 0.25) is 5.02 Å². The highest BCUT2D eigenvalue weighted by molar-refractivity contribution is 7.98. The van der Waals surface area contributed by atoms with Gasteiger partial charge in [0.1, 0.15) is 5.75 Å². The zero-order valence-corrected chi connectivity index (χ0v) is 11.7. The molecule has 0 aromatic heterocycles. The molecular formula is C13H17ClO2S. The quantitative estimate of drug-likeness (QED) is 0.822. The van der Waals surface area contributed by atoms with Gasteiger partial charge in [0, 0.05) is 21.9 Å². The van der Waals surface area contributed by atoms with E-state index >= 15 is 0 Å². The molecule has 1 aromatic carbocycles. The van der Waals surface area contributed by atoms with E-state index in [0.29, 0.717) is 19.3 Å². The number of halogens is 1. The molecule has 0 bridgehead atoms. The van der Waals surface area contributed by atoms with Gasteiger partial charge in [-0.15, -0.1) is 0 Å². The normalized spacial score (nSPS) is 14.6. The van der Waals surface area contributed by atoms with Crippen LogP contribution in [0, 0.1) is 5.92 Å². The lowest BCUT2D eigenvalue weighted by Gasteiger charge is -2.21. The summed E-state index contributed by atoms with van der Waals surface area (Å²) in [5, 5.41) is 0.762. The summed E-state index contributed by atoms with van der Waals surface area (Å²) >= 11 is 8.02. The molecule has 0 atom stereocenters. The Bertz CT molecular complexity index is 393. The molecule has 1 aromatic rings. The van der Waals surface area contributed by atoms with Crippen molar-refractivity contribution in [2.45, 2.75) is 26.2 Å². The molecule has 17 heavy (non-hydrogen) atoms. The molecule has 1 heterocycles. The molecular weight excluding hydrogens is 256 g/mol. The second-order valence-electron chi connectivity index (χ2n) is 4.57. The Balaban J connectivity index is 2.12. The fourth-order valence-corrected chi connectivity index (χ4v) is 3.06. The number of hydrogen-bond acceptors (Lipinski definition) is 3. The van der Waals surface area contributed by atoms with E-state index in [-0.39, 0.29) is 0 Å². The predicted octanol–water partition coefficient (Wildman–Crippen LogP) is 4.10. The van der Waals surface area contributed by atoms with E-state index < -0.39 is 0 Å². The van der Waals surface area contributed by atoms with Crippen molar-refractivity contribution < 1.29 is 9.47 Å². The number of thioether (sulfide) groups is 1. The van der Waals surface area contributed by atoms with Gasteiger partial charge >= 0.3 is 0 Å². The maximum absolute atomic E-state index is 6.10. The highest BCUT2D eigenvalue weighted by atomic mass is 35.5. The van der Waals surface area contributed by atoms with Crippen molar-refractivity contribution in [3.8, 4) is 5.75 Å². The van der Waals surface area contributed by atoms with E-state index in [1.165, 1.54) is 5.56 Å². The Morgan fingerprint density at radius 3 is 3.00 bits per heavy atom. The van der Waals surface area contributed by atoms with Crippen LogP contribution in [0.3, 0.4) is 0 Å². The molecule has 1 aliphatic heterocycles. The fraction of sp³-hybridized carbons (Fsp3) is 0.538. The Morgan fingerprint density at radius 2 is 2.24 bits per heavy atom. The molecule has 0 saturated heterocycles. The second-order valence-corrected chi connectivity index (χ2v) is 6.04. The highest BCUT2D eigenvalue weighted by Gasteiger charge is 2.16. The van der Waals surface area contributed by atoms with Gasteiger partial charge in [-0.1, -0.05) is 25.4 Å². The van der Waals surface area contributed by atoms with Gasteiger partial charge in [-0.05, 0) is 23.8 Å². The molecule has 0 fully saturated rings. The first-order valence-electron chi connectivity index (χ1n) is 5.76. The number of fused-ring (bicyclic) bond motifs is 1. The number of rotatable bonds is 4. The Kier molecular flexibility index (Phi) is 4.60. The van der Waals surface area contributed by atoms with E-state index in [1.54, 1.807) is 0 Å².